The van der Waals surface area contributed by atoms with E-state index in [1.165, 1.54) is 17.0 Å². The number of aryl methyl sites for hydroxylation is 2. The molecular weight excluding hydrogens is 186 g/mol. The molecule has 0 aromatic carbocycles. The van der Waals surface area contributed by atoms with Crippen LogP contribution in [0.25, 0.3) is 6.08 Å². The minimum Gasteiger partial charge on any atom is -0.327 e. The Morgan fingerprint density at radius 3 is 2.80 bits per heavy atom. The highest BCUT2D eigenvalue weighted by Crippen LogP contribution is 2.27. The summed E-state index contributed by atoms with van der Waals surface area (Å²) < 4.78 is 2.07. The van der Waals surface area contributed by atoms with Crippen molar-refractivity contribution in [1.82, 2.24) is 9.78 Å². The lowest BCUT2D eigenvalue weighted by molar-refractivity contribution is 0.545. The van der Waals surface area contributed by atoms with E-state index in [1.807, 2.05) is 0 Å². The van der Waals surface area contributed by atoms with Crippen molar-refractivity contribution in [1.29, 1.82) is 0 Å². The first-order valence-corrected chi connectivity index (χ1v) is 5.74. The van der Waals surface area contributed by atoms with Gasteiger partial charge >= 0.3 is 0 Å². The molecule has 1 saturated carbocycles. The Labute approximate surface area is 91.0 Å². The second-order valence-electron chi connectivity index (χ2n) is 4.20. The molecule has 1 aliphatic rings. The lowest BCUT2D eigenvalue weighted by Crippen LogP contribution is -2.30. The Bertz CT molecular complexity index is 368. The van der Waals surface area contributed by atoms with Gasteiger partial charge in [-0.3, -0.25) is 4.68 Å². The Morgan fingerprint density at radius 1 is 1.53 bits per heavy atom. The lowest BCUT2D eigenvalue weighted by atomic mass is 9.86. The highest BCUT2D eigenvalue weighted by Gasteiger charge is 2.19. The van der Waals surface area contributed by atoms with E-state index < -0.39 is 0 Å². The molecule has 0 aliphatic heterocycles. The van der Waals surface area contributed by atoms with Crippen molar-refractivity contribution in [2.75, 3.05) is 0 Å². The van der Waals surface area contributed by atoms with Crippen LogP contribution in [-0.2, 0) is 13.0 Å². The topological polar surface area (TPSA) is 43.8 Å². The van der Waals surface area contributed by atoms with Crippen LogP contribution in [0.5, 0.6) is 0 Å². The van der Waals surface area contributed by atoms with E-state index in [9.17, 15) is 0 Å². The van der Waals surface area contributed by atoms with Crippen LogP contribution in [0, 0.1) is 0 Å². The quantitative estimate of drug-likeness (QED) is 0.820. The first-order chi connectivity index (χ1) is 7.22. The first-order valence-electron chi connectivity index (χ1n) is 5.74. The van der Waals surface area contributed by atoms with Crippen LogP contribution in [0.2, 0.25) is 0 Å². The third-order valence-electron chi connectivity index (χ3n) is 2.92. The summed E-state index contributed by atoms with van der Waals surface area (Å²) in [5, 5.41) is 4.52. The molecule has 1 heterocycles. The van der Waals surface area contributed by atoms with Crippen molar-refractivity contribution < 1.29 is 0 Å². The van der Waals surface area contributed by atoms with Gasteiger partial charge < -0.3 is 5.73 Å². The fourth-order valence-corrected chi connectivity index (χ4v) is 1.97. The molecule has 0 saturated heterocycles. The van der Waals surface area contributed by atoms with Crippen molar-refractivity contribution in [3.63, 3.8) is 0 Å². The van der Waals surface area contributed by atoms with Gasteiger partial charge in [0.1, 0.15) is 0 Å². The second kappa shape index (κ2) is 4.19. The summed E-state index contributed by atoms with van der Waals surface area (Å²) in [5.74, 6) is 0. The average molecular weight is 205 g/mol. The Kier molecular flexibility index (Phi) is 2.91. The average Bonchev–Trinajstić information content (AvgIpc) is 2.58. The maximum atomic E-state index is 5.76. The molecule has 0 amide bonds. The van der Waals surface area contributed by atoms with Crippen LogP contribution in [-0.4, -0.2) is 15.8 Å². The van der Waals surface area contributed by atoms with E-state index in [4.69, 9.17) is 5.73 Å². The number of rotatable bonds is 3. The molecule has 1 aromatic heterocycles. The predicted molar refractivity (Wildman–Crippen MR) is 62.5 cm³/mol. The highest BCUT2D eigenvalue weighted by molar-refractivity contribution is 5.52. The Hall–Kier alpha value is -1.09. The van der Waals surface area contributed by atoms with E-state index in [0.29, 0.717) is 6.04 Å². The molecule has 0 radical (unpaired) electrons. The van der Waals surface area contributed by atoms with Gasteiger partial charge in [0.05, 0.1) is 11.4 Å². The summed E-state index contributed by atoms with van der Waals surface area (Å²) >= 11 is 0. The van der Waals surface area contributed by atoms with Crippen LogP contribution >= 0.6 is 0 Å². The molecule has 3 heteroatoms. The first kappa shape index (κ1) is 10.4. The summed E-state index contributed by atoms with van der Waals surface area (Å²) in [6.45, 7) is 5.20. The van der Waals surface area contributed by atoms with Crippen molar-refractivity contribution in [2.45, 2.75) is 45.7 Å². The normalized spacial score (nSPS) is 20.2. The number of nitrogens with two attached hydrogens (primary N) is 1. The fourth-order valence-electron chi connectivity index (χ4n) is 1.97. The number of hydrogen-bond acceptors (Lipinski definition) is 2. The van der Waals surface area contributed by atoms with Gasteiger partial charge in [0.25, 0.3) is 0 Å². The van der Waals surface area contributed by atoms with Gasteiger partial charge in [-0.25, -0.2) is 0 Å². The molecule has 1 aliphatic carbocycles. The summed E-state index contributed by atoms with van der Waals surface area (Å²) in [5.41, 5.74) is 9.63. The molecule has 0 spiro atoms. The van der Waals surface area contributed by atoms with Crippen molar-refractivity contribution >= 4 is 6.08 Å². The van der Waals surface area contributed by atoms with Gasteiger partial charge in [-0.1, -0.05) is 12.5 Å². The van der Waals surface area contributed by atoms with E-state index in [0.717, 1.165) is 25.8 Å². The number of nitrogens with zero attached hydrogens (tertiary/aromatic N) is 2. The van der Waals surface area contributed by atoms with E-state index >= 15 is 0 Å². The Balaban J connectivity index is 2.19. The van der Waals surface area contributed by atoms with Crippen LogP contribution in [0.15, 0.2) is 11.6 Å². The third-order valence-corrected chi connectivity index (χ3v) is 2.92. The molecule has 2 N–H and O–H groups in total. The van der Waals surface area contributed by atoms with Crippen molar-refractivity contribution in [3.05, 3.63) is 23.0 Å². The highest BCUT2D eigenvalue weighted by atomic mass is 15.3. The standard InChI is InChI=1S/C12H19N3/c1-3-11-8-12(15(4-2)14-11)7-9-5-10(13)6-9/h7-8,10H,3-6,13H2,1-2H3. The molecule has 15 heavy (non-hydrogen) atoms. The van der Waals surface area contributed by atoms with Gasteiger partial charge in [-0.15, -0.1) is 0 Å². The molecule has 3 nitrogen and oxygen atoms in total. The van der Waals surface area contributed by atoms with Crippen molar-refractivity contribution in [2.24, 2.45) is 5.73 Å². The maximum absolute atomic E-state index is 5.76. The van der Waals surface area contributed by atoms with E-state index in [-0.39, 0.29) is 0 Å². The molecule has 82 valence electrons. The van der Waals surface area contributed by atoms with Crippen LogP contribution in [0.1, 0.15) is 38.1 Å². The zero-order valence-corrected chi connectivity index (χ0v) is 9.53. The molecule has 1 aromatic rings. The largest absolute Gasteiger partial charge is 0.327 e. The number of aromatic nitrogens is 2. The number of hydrogen-bond donors (Lipinski definition) is 1. The van der Waals surface area contributed by atoms with Gasteiger partial charge in [0, 0.05) is 12.6 Å². The monoisotopic (exact) mass is 205 g/mol. The van der Waals surface area contributed by atoms with Crippen molar-refractivity contribution in [3.8, 4) is 0 Å². The summed E-state index contributed by atoms with van der Waals surface area (Å²) in [7, 11) is 0. The third kappa shape index (κ3) is 2.12. The zero-order chi connectivity index (χ0) is 10.8. The Morgan fingerprint density at radius 2 is 2.27 bits per heavy atom. The van der Waals surface area contributed by atoms with Gasteiger partial charge in [0.15, 0.2) is 0 Å². The van der Waals surface area contributed by atoms with Gasteiger partial charge in [-0.2, -0.15) is 5.10 Å². The molecular formula is C12H19N3. The maximum Gasteiger partial charge on any atom is 0.0628 e. The fraction of sp³-hybridized carbons (Fsp3) is 0.583. The smallest absolute Gasteiger partial charge is 0.0628 e. The minimum absolute atomic E-state index is 0.389. The summed E-state index contributed by atoms with van der Waals surface area (Å²) in [6.07, 6.45) is 5.36. The molecule has 1 fully saturated rings. The predicted octanol–water partition coefficient (Wildman–Crippen LogP) is 1.97. The van der Waals surface area contributed by atoms with Gasteiger partial charge in [0.2, 0.25) is 0 Å². The molecule has 0 bridgehead atoms. The van der Waals surface area contributed by atoms with E-state index in [1.54, 1.807) is 0 Å². The van der Waals surface area contributed by atoms with Gasteiger partial charge in [-0.05, 0) is 38.3 Å². The molecule has 0 atom stereocenters. The lowest BCUT2D eigenvalue weighted by Gasteiger charge is -2.25. The second-order valence-corrected chi connectivity index (χ2v) is 4.20. The van der Waals surface area contributed by atoms with Crippen LogP contribution in [0.4, 0.5) is 0 Å². The summed E-state index contributed by atoms with van der Waals surface area (Å²) in [6, 6.07) is 2.57. The van der Waals surface area contributed by atoms with Crippen LogP contribution in [0.3, 0.4) is 0 Å². The van der Waals surface area contributed by atoms with Crippen LogP contribution < -0.4 is 5.73 Å². The minimum atomic E-state index is 0.389. The molecule has 0 unspecified atom stereocenters. The summed E-state index contributed by atoms with van der Waals surface area (Å²) in [4.78, 5) is 0. The molecule has 2 rings (SSSR count). The van der Waals surface area contributed by atoms with E-state index in [2.05, 4.69) is 35.8 Å². The SMILES string of the molecule is CCc1cc(C=C2CC(N)C2)n(CC)n1. The zero-order valence-electron chi connectivity index (χ0n) is 9.53.